The molecule has 0 unspecified atom stereocenters. The summed E-state index contributed by atoms with van der Waals surface area (Å²) in [6, 6.07) is 10.9. The van der Waals surface area contributed by atoms with Crippen molar-refractivity contribution in [3.63, 3.8) is 0 Å². The Hall–Kier alpha value is -2.89. The number of hydrogen-bond donors (Lipinski definition) is 0. The molecule has 0 aliphatic heterocycles. The average molecular weight is 298 g/mol. The number of pyridine rings is 1. The second-order valence-electron chi connectivity index (χ2n) is 4.48. The third-order valence-electron chi connectivity index (χ3n) is 2.99. The number of carbonyl (C=O) groups excluding carboxylic acids is 2. The summed E-state index contributed by atoms with van der Waals surface area (Å²) < 4.78 is 4.65. The Morgan fingerprint density at radius 3 is 2.59 bits per heavy atom. The van der Waals surface area contributed by atoms with Gasteiger partial charge in [-0.3, -0.25) is 9.78 Å². The van der Waals surface area contributed by atoms with Crippen LogP contribution in [-0.4, -0.2) is 23.3 Å². The third kappa shape index (κ3) is 3.60. The van der Waals surface area contributed by atoms with Crippen LogP contribution in [0.25, 0.3) is 11.3 Å². The van der Waals surface area contributed by atoms with Gasteiger partial charge in [-0.1, -0.05) is 30.3 Å². The maximum Gasteiger partial charge on any atom is 0.374 e. The van der Waals surface area contributed by atoms with Crippen LogP contribution in [0.2, 0.25) is 0 Å². The van der Waals surface area contributed by atoms with Gasteiger partial charge >= 0.3 is 5.97 Å². The molecular weight excluding hydrogens is 284 g/mol. The first-order valence-corrected chi connectivity index (χ1v) is 6.73. The van der Waals surface area contributed by atoms with E-state index in [9.17, 15) is 14.5 Å². The molecule has 2 aromatic rings. The highest BCUT2D eigenvalue weighted by Crippen LogP contribution is 2.25. The molecule has 0 atom stereocenters. The van der Waals surface area contributed by atoms with E-state index in [2.05, 4.69) is 14.9 Å². The Kier molecular flexibility index (Phi) is 5.08. The molecule has 0 fully saturated rings. The lowest BCUT2D eigenvalue weighted by atomic mass is 10.0. The van der Waals surface area contributed by atoms with Gasteiger partial charge in [-0.15, -0.1) is 4.91 Å². The molecule has 0 saturated carbocycles. The fourth-order valence-electron chi connectivity index (χ4n) is 1.94. The van der Waals surface area contributed by atoms with Gasteiger partial charge < -0.3 is 4.74 Å². The minimum absolute atomic E-state index is 0.0392. The predicted octanol–water partition coefficient (Wildman–Crippen LogP) is 2.82. The monoisotopic (exact) mass is 298 g/mol. The maximum atomic E-state index is 11.8. The molecule has 0 bridgehead atoms. The normalized spacial score (nSPS) is 10.0. The Morgan fingerprint density at radius 2 is 1.95 bits per heavy atom. The van der Waals surface area contributed by atoms with Crippen molar-refractivity contribution in [2.75, 3.05) is 6.61 Å². The number of ketones is 1. The van der Waals surface area contributed by atoms with Crippen LogP contribution in [0, 0.1) is 4.91 Å². The summed E-state index contributed by atoms with van der Waals surface area (Å²) in [4.78, 5) is 38.2. The predicted molar refractivity (Wildman–Crippen MR) is 80.5 cm³/mol. The molecule has 0 aliphatic carbocycles. The Morgan fingerprint density at radius 1 is 1.23 bits per heavy atom. The van der Waals surface area contributed by atoms with Crippen LogP contribution in [0.4, 0.5) is 5.69 Å². The van der Waals surface area contributed by atoms with Crippen LogP contribution >= 0.6 is 0 Å². The van der Waals surface area contributed by atoms with Crippen molar-refractivity contribution in [1.82, 2.24) is 4.98 Å². The summed E-state index contributed by atoms with van der Waals surface area (Å²) >= 11 is 0. The fourth-order valence-corrected chi connectivity index (χ4v) is 1.94. The number of aromatic nitrogens is 1. The van der Waals surface area contributed by atoms with Gasteiger partial charge in [0.25, 0.3) is 0 Å². The molecule has 2 rings (SSSR count). The number of nitrogens with zero attached hydrogens (tertiary/aromatic N) is 2. The van der Waals surface area contributed by atoms with Crippen molar-refractivity contribution in [3.8, 4) is 11.3 Å². The van der Waals surface area contributed by atoms with Crippen LogP contribution in [0.1, 0.15) is 12.5 Å². The highest BCUT2D eigenvalue weighted by Gasteiger charge is 2.18. The number of benzene rings is 1. The molecule has 0 amide bonds. The van der Waals surface area contributed by atoms with Crippen molar-refractivity contribution >= 4 is 17.4 Å². The van der Waals surface area contributed by atoms with Gasteiger partial charge in [-0.2, -0.15) is 0 Å². The highest BCUT2D eigenvalue weighted by atomic mass is 16.5. The number of nitroso groups, excluding NO2 is 1. The molecule has 0 aliphatic rings. The highest BCUT2D eigenvalue weighted by molar-refractivity contribution is 6.34. The van der Waals surface area contributed by atoms with Gasteiger partial charge in [0.1, 0.15) is 5.69 Å². The van der Waals surface area contributed by atoms with Crippen LogP contribution in [0.5, 0.6) is 0 Å². The van der Waals surface area contributed by atoms with E-state index in [1.54, 1.807) is 13.0 Å². The lowest BCUT2D eigenvalue weighted by Crippen LogP contribution is -2.19. The molecule has 6 heteroatoms. The summed E-state index contributed by atoms with van der Waals surface area (Å²) in [5.41, 5.74) is 1.82. The number of Topliss-reactive ketones (excluding diaryl/α,β-unsaturated/α-hetero) is 1. The van der Waals surface area contributed by atoms with E-state index in [0.29, 0.717) is 11.3 Å². The third-order valence-corrected chi connectivity index (χ3v) is 2.99. The van der Waals surface area contributed by atoms with Gasteiger partial charge in [0.15, 0.2) is 0 Å². The lowest BCUT2D eigenvalue weighted by Gasteiger charge is -2.06. The molecular formula is C16H14N2O4. The molecule has 0 saturated heterocycles. The number of ether oxygens (including phenoxy) is 1. The first-order valence-electron chi connectivity index (χ1n) is 6.73. The molecule has 0 spiro atoms. The SMILES string of the molecule is CCOC(=O)C(=O)Cc1cc(-c2ccccc2)ncc1N=O. The van der Waals surface area contributed by atoms with Gasteiger partial charge in [-0.25, -0.2) is 4.79 Å². The average Bonchev–Trinajstić information content (AvgIpc) is 2.55. The van der Waals surface area contributed by atoms with Crippen molar-refractivity contribution in [2.45, 2.75) is 13.3 Å². The van der Waals surface area contributed by atoms with E-state index in [1.165, 1.54) is 6.20 Å². The first-order chi connectivity index (χ1) is 10.7. The van der Waals surface area contributed by atoms with Crippen molar-refractivity contribution in [2.24, 2.45) is 5.18 Å². The van der Waals surface area contributed by atoms with E-state index >= 15 is 0 Å². The molecule has 22 heavy (non-hydrogen) atoms. The number of esters is 1. The zero-order valence-electron chi connectivity index (χ0n) is 12.0. The van der Waals surface area contributed by atoms with E-state index in [0.717, 1.165) is 5.56 Å². The van der Waals surface area contributed by atoms with E-state index < -0.39 is 11.8 Å². The Bertz CT molecular complexity index is 699. The molecule has 1 aromatic heterocycles. The lowest BCUT2D eigenvalue weighted by molar-refractivity contribution is -0.153. The number of hydrogen-bond acceptors (Lipinski definition) is 6. The first kappa shape index (κ1) is 15.5. The van der Waals surface area contributed by atoms with Gasteiger partial charge in [0.05, 0.1) is 18.5 Å². The van der Waals surface area contributed by atoms with Crippen LogP contribution < -0.4 is 0 Å². The van der Waals surface area contributed by atoms with Crippen LogP contribution in [0.3, 0.4) is 0 Å². The van der Waals surface area contributed by atoms with Crippen molar-refractivity contribution in [3.05, 3.63) is 53.1 Å². The van der Waals surface area contributed by atoms with Gasteiger partial charge in [-0.05, 0) is 23.7 Å². The Balaban J connectivity index is 2.31. The molecule has 6 nitrogen and oxygen atoms in total. The van der Waals surface area contributed by atoms with E-state index in [1.807, 2.05) is 30.3 Å². The van der Waals surface area contributed by atoms with Crippen LogP contribution in [0.15, 0.2) is 47.8 Å². The molecule has 0 radical (unpaired) electrons. The zero-order valence-corrected chi connectivity index (χ0v) is 12.0. The maximum absolute atomic E-state index is 11.8. The smallest absolute Gasteiger partial charge is 0.374 e. The van der Waals surface area contributed by atoms with Crippen molar-refractivity contribution < 1.29 is 14.3 Å². The second kappa shape index (κ2) is 7.21. The second-order valence-corrected chi connectivity index (χ2v) is 4.48. The summed E-state index contributed by atoms with van der Waals surface area (Å²) in [7, 11) is 0. The molecule has 112 valence electrons. The quantitative estimate of drug-likeness (QED) is 0.465. The summed E-state index contributed by atoms with van der Waals surface area (Å²) in [6.45, 7) is 1.73. The van der Waals surface area contributed by atoms with Gasteiger partial charge in [0, 0.05) is 12.0 Å². The summed E-state index contributed by atoms with van der Waals surface area (Å²) in [5, 5.41) is 2.85. The molecule has 1 heterocycles. The molecule has 1 aromatic carbocycles. The minimum Gasteiger partial charge on any atom is -0.460 e. The summed E-state index contributed by atoms with van der Waals surface area (Å²) in [6.07, 6.45) is 1.05. The van der Waals surface area contributed by atoms with Gasteiger partial charge in [0.2, 0.25) is 5.78 Å². The Labute approximate surface area is 127 Å². The van der Waals surface area contributed by atoms with Crippen LogP contribution in [-0.2, 0) is 20.7 Å². The topological polar surface area (TPSA) is 85.7 Å². The zero-order chi connectivity index (χ0) is 15.9. The molecule has 0 N–H and O–H groups in total. The largest absolute Gasteiger partial charge is 0.460 e. The number of rotatable bonds is 6. The standard InChI is InChI=1S/C16H14N2O4/c1-2-22-16(20)15(19)9-12-8-13(17-10-14(12)18-21)11-6-4-3-5-7-11/h3-8,10H,2,9H2,1H3. The fraction of sp³-hybridized carbons (Fsp3) is 0.188. The van der Waals surface area contributed by atoms with E-state index in [-0.39, 0.29) is 18.7 Å². The number of carbonyl (C=O) groups is 2. The minimum atomic E-state index is -0.919. The van der Waals surface area contributed by atoms with E-state index in [4.69, 9.17) is 0 Å². The summed E-state index contributed by atoms with van der Waals surface area (Å²) in [5.74, 6) is -1.64. The van der Waals surface area contributed by atoms with Crippen molar-refractivity contribution in [1.29, 1.82) is 0 Å².